The summed E-state index contributed by atoms with van der Waals surface area (Å²) in [5.74, 6) is -1.05. The molecule has 0 aliphatic carbocycles. The average molecular weight is 471 g/mol. The zero-order chi connectivity index (χ0) is 22.7. The molecule has 0 radical (unpaired) electrons. The number of carbonyl (C=O) groups is 3. The monoisotopic (exact) mass is 470 g/mol. The van der Waals surface area contributed by atoms with Gasteiger partial charge < -0.3 is 10.3 Å². The van der Waals surface area contributed by atoms with Gasteiger partial charge in [0.05, 0.1) is 21.7 Å². The number of H-pyrrole nitrogens is 1. The number of aromatic nitrogens is 2. The van der Waals surface area contributed by atoms with E-state index in [1.54, 1.807) is 12.1 Å². The Morgan fingerprint density at radius 2 is 2.09 bits per heavy atom. The highest BCUT2D eigenvalue weighted by Gasteiger charge is 2.34. The first kappa shape index (κ1) is 22.1. The van der Waals surface area contributed by atoms with Crippen molar-refractivity contribution >= 4 is 57.7 Å². The smallest absolute Gasteiger partial charge is 0.293 e. The molecule has 1 saturated heterocycles. The number of nitrogens with zero attached hydrogens (tertiary/aromatic N) is 2. The molecule has 2 aromatic carbocycles. The van der Waals surface area contributed by atoms with Gasteiger partial charge >= 0.3 is 0 Å². The number of halogens is 1. The molecule has 10 heteroatoms. The van der Waals surface area contributed by atoms with Gasteiger partial charge in [-0.15, -0.1) is 0 Å². The number of nitrogens with one attached hydrogen (secondary N) is 2. The highest BCUT2D eigenvalue weighted by atomic mass is 32.2. The van der Waals surface area contributed by atoms with Crippen molar-refractivity contribution in [2.45, 2.75) is 12.1 Å². The van der Waals surface area contributed by atoms with E-state index in [9.17, 15) is 18.8 Å². The molecular formula is C22H19FN4O3S2. The lowest BCUT2D eigenvalue weighted by molar-refractivity contribution is -0.123. The summed E-state index contributed by atoms with van der Waals surface area (Å²) in [5, 5.41) is 2.90. The molecular weight excluding hydrogens is 451 g/mol. The number of hydrogen-bond donors (Lipinski definition) is 2. The largest absolute Gasteiger partial charge is 0.354 e. The molecule has 2 heterocycles. The Kier molecular flexibility index (Phi) is 6.61. The van der Waals surface area contributed by atoms with Crippen molar-refractivity contribution in [3.05, 3.63) is 64.3 Å². The quantitative estimate of drug-likeness (QED) is 0.401. The number of imide groups is 1. The van der Waals surface area contributed by atoms with Crippen LogP contribution in [0.3, 0.4) is 0 Å². The molecule has 32 heavy (non-hydrogen) atoms. The lowest BCUT2D eigenvalue weighted by Crippen LogP contribution is -2.37. The van der Waals surface area contributed by atoms with E-state index in [2.05, 4.69) is 15.3 Å². The van der Waals surface area contributed by atoms with Gasteiger partial charge in [0.25, 0.3) is 11.1 Å². The summed E-state index contributed by atoms with van der Waals surface area (Å²) in [4.78, 5) is 45.6. The van der Waals surface area contributed by atoms with Gasteiger partial charge in [0.1, 0.15) is 5.82 Å². The summed E-state index contributed by atoms with van der Waals surface area (Å²) in [6, 6.07) is 11.9. The fourth-order valence-electron chi connectivity index (χ4n) is 3.09. The second-order valence-electron chi connectivity index (χ2n) is 7.06. The maximum absolute atomic E-state index is 13.8. The lowest BCUT2D eigenvalue weighted by atomic mass is 10.2. The molecule has 1 fully saturated rings. The van der Waals surface area contributed by atoms with Crippen LogP contribution in [-0.4, -0.2) is 50.8 Å². The van der Waals surface area contributed by atoms with E-state index < -0.39 is 17.0 Å². The van der Waals surface area contributed by atoms with E-state index >= 15 is 0 Å². The predicted octanol–water partition coefficient (Wildman–Crippen LogP) is 3.96. The first-order chi connectivity index (χ1) is 15.4. The van der Waals surface area contributed by atoms with Crippen LogP contribution >= 0.6 is 23.5 Å². The maximum atomic E-state index is 13.8. The van der Waals surface area contributed by atoms with Gasteiger partial charge in [0, 0.05) is 18.7 Å². The topological polar surface area (TPSA) is 95.2 Å². The van der Waals surface area contributed by atoms with Crippen LogP contribution in [0.25, 0.3) is 17.1 Å². The molecule has 1 aromatic heterocycles. The van der Waals surface area contributed by atoms with Gasteiger partial charge in [-0.2, -0.15) is 0 Å². The standard InChI is InChI=1S/C22H19FN4O3S2/c1-13-6-7-16-17(10-13)26-21(25-16)31-12-19(28)24-8-9-27-20(29)18(32-22(27)30)11-14-4-2-3-5-15(14)23/h2-7,10-11H,8-9,12H2,1H3,(H,24,28)(H,25,26)/b18-11-. The van der Waals surface area contributed by atoms with Crippen LogP contribution in [0.2, 0.25) is 0 Å². The van der Waals surface area contributed by atoms with Gasteiger partial charge in [-0.3, -0.25) is 19.3 Å². The van der Waals surface area contributed by atoms with Crippen molar-refractivity contribution in [3.63, 3.8) is 0 Å². The Morgan fingerprint density at radius 1 is 1.28 bits per heavy atom. The molecule has 3 amide bonds. The maximum Gasteiger partial charge on any atom is 0.293 e. The average Bonchev–Trinajstić information content (AvgIpc) is 3.28. The Balaban J connectivity index is 1.27. The second kappa shape index (κ2) is 9.58. The number of rotatable bonds is 7. The van der Waals surface area contributed by atoms with Crippen molar-refractivity contribution in [1.82, 2.24) is 20.2 Å². The number of thioether (sulfide) groups is 2. The zero-order valence-electron chi connectivity index (χ0n) is 17.1. The summed E-state index contributed by atoms with van der Waals surface area (Å²) in [7, 11) is 0. The Morgan fingerprint density at radius 3 is 2.91 bits per heavy atom. The summed E-state index contributed by atoms with van der Waals surface area (Å²) in [5.41, 5.74) is 3.10. The van der Waals surface area contributed by atoms with Crippen LogP contribution in [-0.2, 0) is 9.59 Å². The Hall–Kier alpha value is -3.11. The summed E-state index contributed by atoms with van der Waals surface area (Å²) in [6.45, 7) is 2.16. The van der Waals surface area contributed by atoms with Gasteiger partial charge in [-0.25, -0.2) is 9.37 Å². The minimum atomic E-state index is -0.496. The fraction of sp³-hybridized carbons (Fsp3) is 0.182. The van der Waals surface area contributed by atoms with E-state index in [-0.39, 0.29) is 35.2 Å². The normalized spacial score (nSPS) is 15.2. The van der Waals surface area contributed by atoms with Crippen LogP contribution in [0.4, 0.5) is 9.18 Å². The molecule has 0 bridgehead atoms. The van der Waals surface area contributed by atoms with Crippen molar-refractivity contribution in [3.8, 4) is 0 Å². The lowest BCUT2D eigenvalue weighted by Gasteiger charge is -2.12. The minimum Gasteiger partial charge on any atom is -0.354 e. The third-order valence-electron chi connectivity index (χ3n) is 4.68. The first-order valence-corrected chi connectivity index (χ1v) is 11.6. The number of carbonyl (C=O) groups excluding carboxylic acids is 3. The van der Waals surface area contributed by atoms with Crippen LogP contribution in [0, 0.1) is 12.7 Å². The Labute approximate surface area is 191 Å². The third kappa shape index (κ3) is 5.03. The predicted molar refractivity (Wildman–Crippen MR) is 124 cm³/mol. The molecule has 1 aliphatic rings. The summed E-state index contributed by atoms with van der Waals surface area (Å²) in [6.07, 6.45) is 1.37. The van der Waals surface area contributed by atoms with Crippen LogP contribution in [0.15, 0.2) is 52.5 Å². The number of imidazole rings is 1. The van der Waals surface area contributed by atoms with Gasteiger partial charge in [-0.05, 0) is 48.5 Å². The molecule has 164 valence electrons. The van der Waals surface area contributed by atoms with Crippen molar-refractivity contribution in [1.29, 1.82) is 0 Å². The van der Waals surface area contributed by atoms with Gasteiger partial charge in [-0.1, -0.05) is 36.0 Å². The van der Waals surface area contributed by atoms with E-state index in [0.29, 0.717) is 5.16 Å². The molecule has 2 N–H and O–H groups in total. The SMILES string of the molecule is Cc1ccc2nc(SCC(=O)NCCN3C(=O)S/C(=C\c4ccccc4F)C3=O)[nH]c2c1. The Bertz CT molecular complexity index is 1240. The molecule has 0 unspecified atom stereocenters. The van der Waals surface area contributed by atoms with Gasteiger partial charge in [0.15, 0.2) is 5.16 Å². The first-order valence-electron chi connectivity index (χ1n) is 9.76. The van der Waals surface area contributed by atoms with E-state index in [1.807, 2.05) is 25.1 Å². The molecule has 4 rings (SSSR count). The number of aromatic amines is 1. The van der Waals surface area contributed by atoms with E-state index in [4.69, 9.17) is 0 Å². The fourth-order valence-corrected chi connectivity index (χ4v) is 4.66. The third-order valence-corrected chi connectivity index (χ3v) is 6.46. The number of amides is 3. The zero-order valence-corrected chi connectivity index (χ0v) is 18.7. The van der Waals surface area contributed by atoms with Crippen LogP contribution < -0.4 is 5.32 Å². The highest BCUT2D eigenvalue weighted by Crippen LogP contribution is 2.32. The number of fused-ring (bicyclic) bond motifs is 1. The van der Waals surface area contributed by atoms with Crippen LogP contribution in [0.1, 0.15) is 11.1 Å². The number of benzene rings is 2. The molecule has 7 nitrogen and oxygen atoms in total. The molecule has 0 spiro atoms. The molecule has 0 saturated carbocycles. The van der Waals surface area contributed by atoms with Crippen molar-refractivity contribution in [2.24, 2.45) is 0 Å². The van der Waals surface area contributed by atoms with E-state index in [1.165, 1.54) is 30.0 Å². The number of hydrogen-bond acceptors (Lipinski definition) is 6. The highest BCUT2D eigenvalue weighted by molar-refractivity contribution is 8.18. The van der Waals surface area contributed by atoms with E-state index in [0.717, 1.165) is 33.3 Å². The molecule has 3 aromatic rings. The molecule has 0 atom stereocenters. The van der Waals surface area contributed by atoms with Crippen LogP contribution in [0.5, 0.6) is 0 Å². The minimum absolute atomic E-state index is 0.0413. The van der Waals surface area contributed by atoms with Gasteiger partial charge in [0.2, 0.25) is 5.91 Å². The van der Waals surface area contributed by atoms with Crippen molar-refractivity contribution < 1.29 is 18.8 Å². The second-order valence-corrected chi connectivity index (χ2v) is 9.01. The number of aryl methyl sites for hydroxylation is 1. The van der Waals surface area contributed by atoms with Crippen molar-refractivity contribution in [2.75, 3.05) is 18.8 Å². The molecule has 1 aliphatic heterocycles. The summed E-state index contributed by atoms with van der Waals surface area (Å²) < 4.78 is 13.8. The summed E-state index contributed by atoms with van der Waals surface area (Å²) >= 11 is 2.03.